The van der Waals surface area contributed by atoms with Crippen LogP contribution in [0.3, 0.4) is 0 Å². The lowest BCUT2D eigenvalue weighted by Crippen LogP contribution is -2.19. The Morgan fingerprint density at radius 2 is 1.20 bits per heavy atom. The molecule has 3 atom stereocenters. The lowest BCUT2D eigenvalue weighted by Gasteiger charge is -2.21. The van der Waals surface area contributed by atoms with Crippen LogP contribution < -0.4 is 0 Å². The Morgan fingerprint density at radius 1 is 0.650 bits per heavy atom. The van der Waals surface area contributed by atoms with Crippen LogP contribution in [-0.2, 0) is 0 Å². The molecule has 0 aliphatic heterocycles. The number of aliphatic hydroxyl groups is 2. The van der Waals surface area contributed by atoms with E-state index < -0.39 is 0 Å². The first-order valence-corrected chi connectivity index (χ1v) is 9.01. The second kappa shape index (κ2) is 13.9. The van der Waals surface area contributed by atoms with Gasteiger partial charge in [0.2, 0.25) is 0 Å². The van der Waals surface area contributed by atoms with E-state index in [9.17, 15) is 10.2 Å². The van der Waals surface area contributed by atoms with E-state index >= 15 is 0 Å². The molecular weight excluding hydrogens is 248 g/mol. The molecule has 2 nitrogen and oxygen atoms in total. The van der Waals surface area contributed by atoms with E-state index in [-0.39, 0.29) is 12.2 Å². The summed E-state index contributed by atoms with van der Waals surface area (Å²) >= 11 is 0. The molecule has 0 aliphatic carbocycles. The number of unbranched alkanes of at least 4 members (excludes halogenated alkanes) is 4. The van der Waals surface area contributed by atoms with Crippen molar-refractivity contribution in [3.8, 4) is 0 Å². The number of hydrogen-bond acceptors (Lipinski definition) is 2. The van der Waals surface area contributed by atoms with Crippen LogP contribution in [0.1, 0.15) is 97.8 Å². The van der Waals surface area contributed by atoms with Crippen molar-refractivity contribution in [1.29, 1.82) is 0 Å². The summed E-state index contributed by atoms with van der Waals surface area (Å²) in [5, 5.41) is 20.0. The molecule has 0 aromatic carbocycles. The molecule has 0 aromatic rings. The molecule has 20 heavy (non-hydrogen) atoms. The van der Waals surface area contributed by atoms with Crippen molar-refractivity contribution >= 4 is 0 Å². The van der Waals surface area contributed by atoms with Gasteiger partial charge in [-0.25, -0.2) is 0 Å². The van der Waals surface area contributed by atoms with Crippen molar-refractivity contribution in [2.24, 2.45) is 5.92 Å². The molecule has 2 heteroatoms. The van der Waals surface area contributed by atoms with Crippen LogP contribution in [0.4, 0.5) is 0 Å². The van der Waals surface area contributed by atoms with Gasteiger partial charge in [-0.3, -0.25) is 0 Å². The van der Waals surface area contributed by atoms with Gasteiger partial charge < -0.3 is 10.2 Å². The van der Waals surface area contributed by atoms with Gasteiger partial charge in [0, 0.05) is 0 Å². The van der Waals surface area contributed by atoms with Crippen molar-refractivity contribution in [1.82, 2.24) is 0 Å². The van der Waals surface area contributed by atoms with Crippen LogP contribution >= 0.6 is 0 Å². The van der Waals surface area contributed by atoms with Crippen molar-refractivity contribution in [2.75, 3.05) is 0 Å². The van der Waals surface area contributed by atoms with Crippen LogP contribution in [0.15, 0.2) is 0 Å². The van der Waals surface area contributed by atoms with E-state index in [1.807, 2.05) is 0 Å². The van der Waals surface area contributed by atoms with Gasteiger partial charge >= 0.3 is 0 Å². The maximum Gasteiger partial charge on any atom is 0.0568 e. The molecular formula is C18H38O2. The topological polar surface area (TPSA) is 40.5 Å². The van der Waals surface area contributed by atoms with Crippen LogP contribution in [0.2, 0.25) is 0 Å². The summed E-state index contributed by atoms with van der Waals surface area (Å²) < 4.78 is 0. The minimum atomic E-state index is -0.114. The maximum absolute atomic E-state index is 10.2. The molecule has 122 valence electrons. The lowest BCUT2D eigenvalue weighted by molar-refractivity contribution is 0.0868. The first-order chi connectivity index (χ1) is 9.65. The summed E-state index contributed by atoms with van der Waals surface area (Å²) in [4.78, 5) is 0. The number of hydrogen-bond donors (Lipinski definition) is 2. The zero-order valence-corrected chi connectivity index (χ0v) is 14.1. The van der Waals surface area contributed by atoms with Crippen molar-refractivity contribution in [3.05, 3.63) is 0 Å². The molecule has 0 saturated heterocycles. The number of rotatable bonds is 14. The van der Waals surface area contributed by atoms with E-state index in [4.69, 9.17) is 0 Å². The molecule has 0 rings (SSSR count). The van der Waals surface area contributed by atoms with Gasteiger partial charge in [0.1, 0.15) is 0 Å². The van der Waals surface area contributed by atoms with Gasteiger partial charge in [0.25, 0.3) is 0 Å². The first kappa shape index (κ1) is 19.9. The van der Waals surface area contributed by atoms with E-state index in [0.717, 1.165) is 51.4 Å². The van der Waals surface area contributed by atoms with Crippen molar-refractivity contribution in [2.45, 2.75) is 110 Å². The highest BCUT2D eigenvalue weighted by Crippen LogP contribution is 2.21. The highest BCUT2D eigenvalue weighted by Gasteiger charge is 2.16. The molecule has 3 unspecified atom stereocenters. The average molecular weight is 286 g/mol. The molecule has 0 bridgehead atoms. The highest BCUT2D eigenvalue weighted by molar-refractivity contribution is 4.68. The van der Waals surface area contributed by atoms with E-state index in [1.165, 1.54) is 25.7 Å². The maximum atomic E-state index is 10.2. The van der Waals surface area contributed by atoms with E-state index in [1.54, 1.807) is 0 Å². The molecule has 0 spiro atoms. The Balaban J connectivity index is 3.56. The highest BCUT2D eigenvalue weighted by atomic mass is 16.3. The fourth-order valence-electron chi connectivity index (χ4n) is 2.86. The van der Waals surface area contributed by atoms with Crippen LogP contribution in [-0.4, -0.2) is 22.4 Å². The zero-order chi connectivity index (χ0) is 15.2. The summed E-state index contributed by atoms with van der Waals surface area (Å²) in [7, 11) is 0. The normalized spacial score (nSPS) is 16.1. The van der Waals surface area contributed by atoms with Gasteiger partial charge in [0.05, 0.1) is 12.2 Å². The molecule has 0 aromatic heterocycles. The van der Waals surface area contributed by atoms with Gasteiger partial charge in [-0.2, -0.15) is 0 Å². The molecule has 0 saturated carbocycles. The Labute approximate surface area is 127 Å². The summed E-state index contributed by atoms with van der Waals surface area (Å²) in [6, 6.07) is 0. The third-order valence-corrected chi connectivity index (χ3v) is 4.43. The fraction of sp³-hybridized carbons (Fsp3) is 1.00. The van der Waals surface area contributed by atoms with Gasteiger partial charge in [-0.1, -0.05) is 72.1 Å². The molecule has 0 heterocycles. The second-order valence-electron chi connectivity index (χ2n) is 6.31. The summed E-state index contributed by atoms with van der Waals surface area (Å²) in [6.07, 6.45) is 13.0. The Kier molecular flexibility index (Phi) is 13.8. The average Bonchev–Trinajstić information content (AvgIpc) is 2.45. The largest absolute Gasteiger partial charge is 0.393 e. The van der Waals surface area contributed by atoms with Crippen LogP contribution in [0.25, 0.3) is 0 Å². The Hall–Kier alpha value is -0.0800. The predicted molar refractivity (Wildman–Crippen MR) is 87.9 cm³/mol. The van der Waals surface area contributed by atoms with Crippen molar-refractivity contribution < 1.29 is 10.2 Å². The molecule has 0 fully saturated rings. The Bertz CT molecular complexity index is 194. The first-order valence-electron chi connectivity index (χ1n) is 9.01. The quantitative estimate of drug-likeness (QED) is 0.438. The molecule has 0 amide bonds. The summed E-state index contributed by atoms with van der Waals surface area (Å²) in [5.74, 6) is 0.491. The van der Waals surface area contributed by atoms with Crippen LogP contribution in [0.5, 0.6) is 0 Å². The predicted octanol–water partition coefficient (Wildman–Crippen LogP) is 5.07. The molecule has 2 N–H and O–H groups in total. The van der Waals surface area contributed by atoms with Crippen LogP contribution in [0, 0.1) is 5.92 Å². The van der Waals surface area contributed by atoms with Gasteiger partial charge in [-0.05, 0) is 31.6 Å². The summed E-state index contributed by atoms with van der Waals surface area (Å²) in [6.45, 7) is 6.56. The SMILES string of the molecule is CCCCC(O)CCCCCC(O)C(CC)CCCC. The molecule has 0 radical (unpaired) electrons. The standard InChI is InChI=1S/C18H38O2/c1-4-7-12-16(6-3)18(20)15-11-9-10-14-17(19)13-8-5-2/h16-20H,4-15H2,1-3H3. The number of aliphatic hydroxyl groups excluding tert-OH is 2. The van der Waals surface area contributed by atoms with E-state index in [2.05, 4.69) is 20.8 Å². The fourth-order valence-corrected chi connectivity index (χ4v) is 2.86. The monoisotopic (exact) mass is 286 g/mol. The zero-order valence-electron chi connectivity index (χ0n) is 14.1. The third-order valence-electron chi connectivity index (χ3n) is 4.43. The van der Waals surface area contributed by atoms with Gasteiger partial charge in [0.15, 0.2) is 0 Å². The van der Waals surface area contributed by atoms with E-state index in [0.29, 0.717) is 5.92 Å². The minimum absolute atomic E-state index is 0.104. The minimum Gasteiger partial charge on any atom is -0.393 e. The molecule has 0 aliphatic rings. The lowest BCUT2D eigenvalue weighted by atomic mass is 9.90. The van der Waals surface area contributed by atoms with Crippen molar-refractivity contribution in [3.63, 3.8) is 0 Å². The Morgan fingerprint density at radius 3 is 1.80 bits per heavy atom. The summed E-state index contributed by atoms with van der Waals surface area (Å²) in [5.41, 5.74) is 0. The second-order valence-corrected chi connectivity index (χ2v) is 6.31. The van der Waals surface area contributed by atoms with Gasteiger partial charge in [-0.15, -0.1) is 0 Å². The smallest absolute Gasteiger partial charge is 0.0568 e. The third kappa shape index (κ3) is 10.7.